The predicted molar refractivity (Wildman–Crippen MR) is 108 cm³/mol. The zero-order chi connectivity index (χ0) is 21.3. The summed E-state index contributed by atoms with van der Waals surface area (Å²) in [6.07, 6.45) is -4.72. The zero-order valence-corrected chi connectivity index (χ0v) is 16.5. The third-order valence-electron chi connectivity index (χ3n) is 5.36. The van der Waals surface area contributed by atoms with E-state index in [0.29, 0.717) is 12.3 Å². The number of hydrogen-bond donors (Lipinski definition) is 4. The van der Waals surface area contributed by atoms with Crippen LogP contribution in [0.25, 0.3) is 10.9 Å². The van der Waals surface area contributed by atoms with Crippen LogP contribution in [0, 0.1) is 0 Å². The van der Waals surface area contributed by atoms with Crippen molar-refractivity contribution in [1.82, 2.24) is 4.57 Å². The summed E-state index contributed by atoms with van der Waals surface area (Å²) < 4.78 is 18.6. The monoisotopic (exact) mass is 415 g/mol. The molecule has 0 unspecified atom stereocenters. The van der Waals surface area contributed by atoms with Gasteiger partial charge in [-0.2, -0.15) is 0 Å². The lowest BCUT2D eigenvalue weighted by molar-refractivity contribution is -0.277. The number of para-hydroxylation sites is 1. The van der Waals surface area contributed by atoms with Crippen LogP contribution >= 0.6 is 0 Å². The number of rotatable bonds is 6. The van der Waals surface area contributed by atoms with Crippen molar-refractivity contribution in [3.63, 3.8) is 0 Å². The van der Waals surface area contributed by atoms with E-state index in [0.717, 1.165) is 22.2 Å². The summed E-state index contributed by atoms with van der Waals surface area (Å²) in [5.74, 6) is 1.23. The average Bonchev–Trinajstić information content (AvgIpc) is 3.18. The number of benzene rings is 2. The molecular formula is C22H25NO7. The van der Waals surface area contributed by atoms with Crippen molar-refractivity contribution in [2.24, 2.45) is 0 Å². The lowest BCUT2D eigenvalue weighted by Gasteiger charge is -2.39. The fraction of sp³-hybridized carbons (Fsp3) is 0.364. The van der Waals surface area contributed by atoms with Gasteiger partial charge in [-0.05, 0) is 29.8 Å². The lowest BCUT2D eigenvalue weighted by atomic mass is 9.99. The number of ether oxygens (including phenoxy) is 3. The fourth-order valence-electron chi connectivity index (χ4n) is 3.67. The minimum absolute atomic E-state index is 0.454. The fourth-order valence-corrected chi connectivity index (χ4v) is 3.67. The van der Waals surface area contributed by atoms with E-state index in [1.807, 2.05) is 53.2 Å². The Morgan fingerprint density at radius 2 is 1.73 bits per heavy atom. The van der Waals surface area contributed by atoms with E-state index in [1.54, 1.807) is 13.2 Å². The molecule has 4 N–H and O–H groups in total. The SMILES string of the molecule is COc1ccc(Cn2ccc3cccc(O[C@@H]4O[C@H](CO)[C@@H](O)[C@H](O)[C@H]4O)c32)cc1. The van der Waals surface area contributed by atoms with Gasteiger partial charge >= 0.3 is 0 Å². The number of nitrogens with zero attached hydrogens (tertiary/aromatic N) is 1. The number of hydrogen-bond acceptors (Lipinski definition) is 7. The summed E-state index contributed by atoms with van der Waals surface area (Å²) in [4.78, 5) is 0. The first kappa shape index (κ1) is 20.6. The highest BCUT2D eigenvalue weighted by Gasteiger charge is 2.44. The largest absolute Gasteiger partial charge is 0.497 e. The second-order valence-corrected chi connectivity index (χ2v) is 7.30. The lowest BCUT2D eigenvalue weighted by Crippen LogP contribution is -2.60. The van der Waals surface area contributed by atoms with E-state index in [-0.39, 0.29) is 0 Å². The van der Waals surface area contributed by atoms with Crippen molar-refractivity contribution in [2.45, 2.75) is 37.3 Å². The summed E-state index contributed by atoms with van der Waals surface area (Å²) >= 11 is 0. The van der Waals surface area contributed by atoms with Gasteiger partial charge in [-0.3, -0.25) is 0 Å². The molecule has 0 spiro atoms. The Bertz CT molecular complexity index is 985. The third kappa shape index (κ3) is 3.88. The molecule has 30 heavy (non-hydrogen) atoms. The molecule has 0 radical (unpaired) electrons. The second kappa shape index (κ2) is 8.63. The maximum atomic E-state index is 10.3. The van der Waals surface area contributed by atoms with Crippen LogP contribution in [-0.2, 0) is 11.3 Å². The van der Waals surface area contributed by atoms with Gasteiger partial charge in [0.1, 0.15) is 35.9 Å². The van der Waals surface area contributed by atoms with Gasteiger partial charge in [0.25, 0.3) is 0 Å². The predicted octanol–water partition coefficient (Wildman–Crippen LogP) is 0.877. The average molecular weight is 415 g/mol. The zero-order valence-electron chi connectivity index (χ0n) is 16.5. The third-order valence-corrected chi connectivity index (χ3v) is 5.36. The van der Waals surface area contributed by atoms with E-state index in [2.05, 4.69) is 0 Å². The highest BCUT2D eigenvalue weighted by molar-refractivity contribution is 5.86. The molecule has 3 aromatic rings. The summed E-state index contributed by atoms with van der Waals surface area (Å²) in [7, 11) is 1.62. The summed E-state index contributed by atoms with van der Waals surface area (Å²) in [5.41, 5.74) is 1.86. The molecular weight excluding hydrogens is 390 g/mol. The Balaban J connectivity index is 1.62. The summed E-state index contributed by atoms with van der Waals surface area (Å²) in [5, 5.41) is 40.6. The van der Waals surface area contributed by atoms with Crippen LogP contribution in [0.1, 0.15) is 5.56 Å². The van der Waals surface area contributed by atoms with E-state index in [4.69, 9.17) is 14.2 Å². The molecule has 1 aliphatic heterocycles. The molecule has 8 heteroatoms. The maximum Gasteiger partial charge on any atom is 0.229 e. The molecule has 160 valence electrons. The van der Waals surface area contributed by atoms with Gasteiger partial charge in [0.05, 0.1) is 19.2 Å². The van der Waals surface area contributed by atoms with Crippen molar-refractivity contribution in [3.8, 4) is 11.5 Å². The van der Waals surface area contributed by atoms with Gasteiger partial charge in [0, 0.05) is 18.1 Å². The Morgan fingerprint density at radius 3 is 2.43 bits per heavy atom. The quantitative estimate of drug-likeness (QED) is 0.473. The van der Waals surface area contributed by atoms with Gasteiger partial charge in [-0.1, -0.05) is 24.3 Å². The van der Waals surface area contributed by atoms with Crippen LogP contribution in [0.4, 0.5) is 0 Å². The van der Waals surface area contributed by atoms with E-state index < -0.39 is 37.3 Å². The molecule has 0 aliphatic carbocycles. The Labute approximate surface area is 173 Å². The van der Waals surface area contributed by atoms with E-state index in [1.165, 1.54) is 0 Å². The number of aromatic nitrogens is 1. The van der Waals surface area contributed by atoms with Crippen molar-refractivity contribution < 1.29 is 34.6 Å². The number of aliphatic hydroxyl groups is 4. The first-order valence-electron chi connectivity index (χ1n) is 9.69. The van der Waals surface area contributed by atoms with Gasteiger partial charge in [0.15, 0.2) is 0 Å². The summed E-state index contributed by atoms with van der Waals surface area (Å²) in [6, 6.07) is 15.2. The van der Waals surface area contributed by atoms with Crippen LogP contribution in [0.3, 0.4) is 0 Å². The molecule has 4 rings (SSSR count). The summed E-state index contributed by atoms with van der Waals surface area (Å²) in [6.45, 7) is 0.0748. The molecule has 1 aromatic heterocycles. The Kier molecular flexibility index (Phi) is 5.94. The minimum atomic E-state index is -1.49. The first-order valence-corrected chi connectivity index (χ1v) is 9.69. The number of aliphatic hydroxyl groups excluding tert-OH is 4. The van der Waals surface area contributed by atoms with Crippen LogP contribution in [-0.4, -0.2) is 69.4 Å². The van der Waals surface area contributed by atoms with Crippen LogP contribution in [0.2, 0.25) is 0 Å². The molecule has 1 fully saturated rings. The second-order valence-electron chi connectivity index (χ2n) is 7.30. The van der Waals surface area contributed by atoms with E-state index >= 15 is 0 Å². The first-order chi connectivity index (χ1) is 14.5. The number of fused-ring (bicyclic) bond motifs is 1. The van der Waals surface area contributed by atoms with Crippen molar-refractivity contribution in [2.75, 3.05) is 13.7 Å². The molecule has 5 atom stereocenters. The molecule has 2 heterocycles. The standard InChI is InChI=1S/C22H25NO7/c1-28-15-7-5-13(6-8-15)11-23-10-9-14-3-2-4-16(18(14)23)29-22-21(27)20(26)19(25)17(12-24)30-22/h2-10,17,19-22,24-27H,11-12H2,1H3/t17-,19-,20+,21-,22-/m1/s1. The normalized spacial score (nSPS) is 26.6. The molecule has 1 aliphatic rings. The van der Waals surface area contributed by atoms with Crippen LogP contribution in [0.5, 0.6) is 11.5 Å². The smallest absolute Gasteiger partial charge is 0.229 e. The number of methoxy groups -OCH3 is 1. The highest BCUT2D eigenvalue weighted by Crippen LogP contribution is 2.31. The van der Waals surface area contributed by atoms with Gasteiger partial charge < -0.3 is 39.2 Å². The van der Waals surface area contributed by atoms with Gasteiger partial charge in [-0.15, -0.1) is 0 Å². The Hall–Kier alpha value is -2.62. The van der Waals surface area contributed by atoms with Crippen molar-refractivity contribution in [3.05, 3.63) is 60.3 Å². The van der Waals surface area contributed by atoms with E-state index in [9.17, 15) is 20.4 Å². The topological polar surface area (TPSA) is 114 Å². The Morgan fingerprint density at radius 1 is 0.967 bits per heavy atom. The van der Waals surface area contributed by atoms with Crippen LogP contribution in [0.15, 0.2) is 54.7 Å². The van der Waals surface area contributed by atoms with Crippen molar-refractivity contribution in [1.29, 1.82) is 0 Å². The highest BCUT2D eigenvalue weighted by atomic mass is 16.7. The molecule has 0 bridgehead atoms. The molecule has 0 amide bonds. The molecule has 1 saturated heterocycles. The van der Waals surface area contributed by atoms with Crippen molar-refractivity contribution >= 4 is 10.9 Å². The van der Waals surface area contributed by atoms with Crippen LogP contribution < -0.4 is 9.47 Å². The molecule has 2 aromatic carbocycles. The maximum absolute atomic E-state index is 10.3. The van der Waals surface area contributed by atoms with Gasteiger partial charge in [-0.25, -0.2) is 0 Å². The minimum Gasteiger partial charge on any atom is -0.497 e. The molecule has 0 saturated carbocycles. The van der Waals surface area contributed by atoms with Gasteiger partial charge in [0.2, 0.25) is 6.29 Å². The molecule has 8 nitrogen and oxygen atoms in total.